The Bertz CT molecular complexity index is 288. The van der Waals surface area contributed by atoms with Gasteiger partial charge < -0.3 is 5.32 Å². The summed E-state index contributed by atoms with van der Waals surface area (Å²) in [6.45, 7) is 1.46. The Balaban J connectivity index is 2.79. The highest BCUT2D eigenvalue weighted by atomic mass is 79.9. The zero-order valence-corrected chi connectivity index (χ0v) is 8.26. The third kappa shape index (κ3) is 2.62. The van der Waals surface area contributed by atoms with E-state index in [1.54, 1.807) is 6.07 Å². The molecule has 0 bridgehead atoms. The van der Waals surface area contributed by atoms with E-state index in [1.807, 2.05) is 12.1 Å². The molecule has 0 atom stereocenters. The summed E-state index contributed by atoms with van der Waals surface area (Å²) in [5, 5.41) is 3.30. The molecular weight excluding hydrogens is 220 g/mol. The van der Waals surface area contributed by atoms with Crippen LogP contribution in [-0.2, 0) is 10.1 Å². The molecule has 0 saturated carbocycles. The normalized spacial score (nSPS) is 9.50. The van der Waals surface area contributed by atoms with Crippen molar-refractivity contribution in [1.82, 2.24) is 4.98 Å². The number of carbonyl (C=O) groups excluding carboxylic acids is 1. The zero-order valence-electron chi connectivity index (χ0n) is 6.67. The van der Waals surface area contributed by atoms with Crippen LogP contribution in [0.2, 0.25) is 0 Å². The third-order valence-electron chi connectivity index (χ3n) is 1.25. The molecule has 0 unspecified atom stereocenters. The molecule has 0 aliphatic rings. The first kappa shape index (κ1) is 9.19. The molecule has 0 radical (unpaired) electrons. The maximum atomic E-state index is 10.6. The fourth-order valence-corrected chi connectivity index (χ4v) is 1.12. The van der Waals surface area contributed by atoms with Crippen LogP contribution in [0.4, 0.5) is 5.82 Å². The van der Waals surface area contributed by atoms with Gasteiger partial charge in [-0.3, -0.25) is 4.79 Å². The largest absolute Gasteiger partial charge is 0.311 e. The molecule has 0 saturated heterocycles. The lowest BCUT2D eigenvalue weighted by Gasteiger charge is -2.01. The average Bonchev–Trinajstić information content (AvgIpc) is 2.03. The summed E-state index contributed by atoms with van der Waals surface area (Å²) >= 11 is 3.28. The maximum Gasteiger partial charge on any atom is 0.222 e. The second kappa shape index (κ2) is 4.21. The van der Waals surface area contributed by atoms with Crippen LogP contribution in [-0.4, -0.2) is 10.9 Å². The predicted molar refractivity (Wildman–Crippen MR) is 51.2 cm³/mol. The van der Waals surface area contributed by atoms with Crippen molar-refractivity contribution in [3.05, 3.63) is 23.9 Å². The Morgan fingerprint density at radius 1 is 1.67 bits per heavy atom. The van der Waals surface area contributed by atoms with Gasteiger partial charge >= 0.3 is 0 Å². The van der Waals surface area contributed by atoms with Gasteiger partial charge in [0, 0.05) is 12.3 Å². The number of rotatable bonds is 2. The molecule has 0 aliphatic carbocycles. The highest BCUT2D eigenvalue weighted by Crippen LogP contribution is 2.07. The second-order valence-corrected chi connectivity index (χ2v) is 2.89. The van der Waals surface area contributed by atoms with Crippen molar-refractivity contribution in [1.29, 1.82) is 0 Å². The Hall–Kier alpha value is -0.900. The molecule has 0 fully saturated rings. The van der Waals surface area contributed by atoms with Gasteiger partial charge in [-0.2, -0.15) is 0 Å². The molecule has 0 spiro atoms. The van der Waals surface area contributed by atoms with Gasteiger partial charge in [0.25, 0.3) is 0 Å². The van der Waals surface area contributed by atoms with E-state index < -0.39 is 0 Å². The highest BCUT2D eigenvalue weighted by Gasteiger charge is 1.97. The smallest absolute Gasteiger partial charge is 0.222 e. The monoisotopic (exact) mass is 228 g/mol. The van der Waals surface area contributed by atoms with Crippen LogP contribution in [0.15, 0.2) is 18.2 Å². The lowest BCUT2D eigenvalue weighted by Crippen LogP contribution is -2.07. The fraction of sp³-hybridized carbons (Fsp3) is 0.250. The fourth-order valence-electron chi connectivity index (χ4n) is 0.804. The van der Waals surface area contributed by atoms with Gasteiger partial charge in [0.2, 0.25) is 5.91 Å². The molecule has 0 aromatic carbocycles. The Morgan fingerprint density at radius 2 is 2.42 bits per heavy atom. The van der Waals surface area contributed by atoms with E-state index >= 15 is 0 Å². The summed E-state index contributed by atoms with van der Waals surface area (Å²) < 4.78 is 0. The van der Waals surface area contributed by atoms with Crippen LogP contribution in [0.3, 0.4) is 0 Å². The summed E-state index contributed by atoms with van der Waals surface area (Å²) in [4.78, 5) is 14.8. The Labute approximate surface area is 79.3 Å². The number of nitrogens with zero attached hydrogens (tertiary/aromatic N) is 1. The first-order chi connectivity index (χ1) is 5.72. The van der Waals surface area contributed by atoms with E-state index in [-0.39, 0.29) is 5.91 Å². The van der Waals surface area contributed by atoms with E-state index in [4.69, 9.17) is 0 Å². The maximum absolute atomic E-state index is 10.6. The number of aromatic nitrogens is 1. The van der Waals surface area contributed by atoms with E-state index in [9.17, 15) is 4.79 Å². The lowest BCUT2D eigenvalue weighted by atomic mass is 10.4. The summed E-state index contributed by atoms with van der Waals surface area (Å²) in [6.07, 6.45) is 0. The number of carbonyl (C=O) groups is 1. The molecule has 1 amide bonds. The Kier molecular flexibility index (Phi) is 3.22. The summed E-state index contributed by atoms with van der Waals surface area (Å²) in [5.41, 5.74) is 0.904. The molecule has 12 heavy (non-hydrogen) atoms. The summed E-state index contributed by atoms with van der Waals surface area (Å²) in [6, 6.07) is 5.50. The minimum Gasteiger partial charge on any atom is -0.311 e. The molecular formula is C8H9BrN2O. The van der Waals surface area contributed by atoms with Crippen molar-refractivity contribution in [2.24, 2.45) is 0 Å². The van der Waals surface area contributed by atoms with E-state index in [0.717, 1.165) is 5.69 Å². The molecule has 64 valence electrons. The van der Waals surface area contributed by atoms with Gasteiger partial charge in [-0.05, 0) is 12.1 Å². The number of hydrogen-bond acceptors (Lipinski definition) is 2. The van der Waals surface area contributed by atoms with Crippen LogP contribution in [0.5, 0.6) is 0 Å². The number of anilines is 1. The highest BCUT2D eigenvalue weighted by molar-refractivity contribution is 9.08. The van der Waals surface area contributed by atoms with Gasteiger partial charge in [-0.25, -0.2) is 4.98 Å². The van der Waals surface area contributed by atoms with E-state index in [0.29, 0.717) is 11.1 Å². The van der Waals surface area contributed by atoms with Crippen LogP contribution < -0.4 is 5.32 Å². The number of halogens is 1. The van der Waals surface area contributed by atoms with Crippen LogP contribution in [0.1, 0.15) is 12.6 Å². The molecule has 1 aromatic heterocycles. The van der Waals surface area contributed by atoms with Crippen molar-refractivity contribution in [2.45, 2.75) is 12.3 Å². The van der Waals surface area contributed by atoms with E-state index in [2.05, 4.69) is 26.2 Å². The SMILES string of the molecule is CC(=O)Nc1cccc(CBr)n1. The molecule has 1 rings (SSSR count). The first-order valence-electron chi connectivity index (χ1n) is 3.52. The lowest BCUT2D eigenvalue weighted by molar-refractivity contribution is -0.114. The van der Waals surface area contributed by atoms with Crippen LogP contribution in [0, 0.1) is 0 Å². The van der Waals surface area contributed by atoms with Gasteiger partial charge in [0.1, 0.15) is 5.82 Å². The molecule has 1 aromatic rings. The summed E-state index contributed by atoms with van der Waals surface area (Å²) in [5.74, 6) is 0.494. The van der Waals surface area contributed by atoms with Crippen molar-refractivity contribution >= 4 is 27.7 Å². The van der Waals surface area contributed by atoms with E-state index in [1.165, 1.54) is 6.92 Å². The van der Waals surface area contributed by atoms with Crippen molar-refractivity contribution in [3.63, 3.8) is 0 Å². The van der Waals surface area contributed by atoms with Gasteiger partial charge in [0.05, 0.1) is 5.69 Å². The second-order valence-electron chi connectivity index (χ2n) is 2.33. The molecule has 1 heterocycles. The van der Waals surface area contributed by atoms with Gasteiger partial charge in [-0.1, -0.05) is 22.0 Å². The van der Waals surface area contributed by atoms with Crippen molar-refractivity contribution in [2.75, 3.05) is 5.32 Å². The average molecular weight is 229 g/mol. The van der Waals surface area contributed by atoms with Gasteiger partial charge in [0.15, 0.2) is 0 Å². The minimum absolute atomic E-state index is 0.103. The third-order valence-corrected chi connectivity index (χ3v) is 1.82. The number of pyridine rings is 1. The molecule has 4 heteroatoms. The predicted octanol–water partition coefficient (Wildman–Crippen LogP) is 1.93. The number of nitrogens with one attached hydrogen (secondary N) is 1. The quantitative estimate of drug-likeness (QED) is 0.787. The zero-order chi connectivity index (χ0) is 8.97. The Morgan fingerprint density at radius 3 is 3.00 bits per heavy atom. The molecule has 0 aliphatic heterocycles. The van der Waals surface area contributed by atoms with Gasteiger partial charge in [-0.15, -0.1) is 0 Å². The minimum atomic E-state index is -0.103. The van der Waals surface area contributed by atoms with Crippen LogP contribution in [0.25, 0.3) is 0 Å². The van der Waals surface area contributed by atoms with Crippen molar-refractivity contribution < 1.29 is 4.79 Å². The molecule has 1 N–H and O–H groups in total. The number of hydrogen-bond donors (Lipinski definition) is 1. The topological polar surface area (TPSA) is 42.0 Å². The first-order valence-corrected chi connectivity index (χ1v) is 4.64. The number of alkyl halides is 1. The summed E-state index contributed by atoms with van der Waals surface area (Å²) in [7, 11) is 0. The van der Waals surface area contributed by atoms with Crippen LogP contribution >= 0.6 is 15.9 Å². The number of amides is 1. The standard InChI is InChI=1S/C8H9BrN2O/c1-6(12)10-8-4-2-3-7(5-9)11-8/h2-4H,5H2,1H3,(H,10,11,12). The molecule has 3 nitrogen and oxygen atoms in total. The van der Waals surface area contributed by atoms with Crippen molar-refractivity contribution in [3.8, 4) is 0 Å².